The Labute approximate surface area is 65.2 Å². The molecule has 0 unspecified atom stereocenters. The monoisotopic (exact) mass is 146 g/mol. The van der Waals surface area contributed by atoms with Gasteiger partial charge in [0.2, 0.25) is 0 Å². The lowest BCUT2D eigenvalue weighted by Gasteiger charge is -2.00. The smallest absolute Gasteiger partial charge is 0.00102 e. The van der Waals surface area contributed by atoms with Crippen LogP contribution in [0.3, 0.4) is 0 Å². The zero-order valence-corrected chi connectivity index (χ0v) is 7.78. The van der Waals surface area contributed by atoms with Gasteiger partial charge in [0, 0.05) is 6.04 Å². The largest absolute Gasteiger partial charge is 0.330 e. The van der Waals surface area contributed by atoms with E-state index < -0.39 is 0 Å². The molecule has 0 radical (unpaired) electrons. The summed E-state index contributed by atoms with van der Waals surface area (Å²) < 4.78 is 0. The summed E-state index contributed by atoms with van der Waals surface area (Å²) in [6.07, 6.45) is 1.10. The Kier molecular flexibility index (Phi) is 14.7. The maximum atomic E-state index is 5.03. The first-order chi connectivity index (χ1) is 4.68. The second kappa shape index (κ2) is 11.7. The van der Waals surface area contributed by atoms with E-state index in [0.29, 0.717) is 6.04 Å². The molecule has 0 heterocycles. The minimum absolute atomic E-state index is 0.648. The van der Waals surface area contributed by atoms with Crippen molar-refractivity contribution in [3.8, 4) is 0 Å². The third kappa shape index (κ3) is 24.7. The van der Waals surface area contributed by atoms with E-state index >= 15 is 0 Å². The predicted octanol–water partition coefficient (Wildman–Crippen LogP) is 1.36. The topological polar surface area (TPSA) is 38.0 Å². The highest BCUT2D eigenvalue weighted by Gasteiger charge is 1.82. The molecule has 0 rings (SSSR count). The van der Waals surface area contributed by atoms with Crippen LogP contribution in [-0.4, -0.2) is 19.1 Å². The van der Waals surface area contributed by atoms with Crippen molar-refractivity contribution in [2.24, 2.45) is 5.73 Å². The number of nitrogens with one attached hydrogen (secondary N) is 1. The number of hydrogen-bond acceptors (Lipinski definition) is 2. The van der Waals surface area contributed by atoms with Crippen LogP contribution in [0.1, 0.15) is 34.1 Å². The van der Waals surface area contributed by atoms with Gasteiger partial charge in [0.1, 0.15) is 0 Å². The average molecular weight is 146 g/mol. The molecular formula is C8H22N2. The van der Waals surface area contributed by atoms with Gasteiger partial charge in [-0.2, -0.15) is 0 Å². The summed E-state index contributed by atoms with van der Waals surface area (Å²) in [7, 11) is 0. The van der Waals surface area contributed by atoms with Gasteiger partial charge in [-0.25, -0.2) is 0 Å². The highest BCUT2D eigenvalue weighted by Crippen LogP contribution is 1.70. The van der Waals surface area contributed by atoms with Gasteiger partial charge in [-0.05, 0) is 19.5 Å². The van der Waals surface area contributed by atoms with Crippen molar-refractivity contribution >= 4 is 0 Å². The van der Waals surface area contributed by atoms with Crippen molar-refractivity contribution in [1.82, 2.24) is 5.32 Å². The Balaban J connectivity index is 0. The summed E-state index contributed by atoms with van der Waals surface area (Å²) in [5.74, 6) is 0. The highest BCUT2D eigenvalue weighted by molar-refractivity contribution is 4.46. The molecule has 0 spiro atoms. The summed E-state index contributed by atoms with van der Waals surface area (Å²) >= 11 is 0. The molecule has 64 valence electrons. The second-order valence-electron chi connectivity index (χ2n) is 2.50. The van der Waals surface area contributed by atoms with Crippen molar-refractivity contribution in [2.45, 2.75) is 40.2 Å². The summed E-state index contributed by atoms with van der Waals surface area (Å²) in [4.78, 5) is 0. The lowest BCUT2D eigenvalue weighted by Crippen LogP contribution is -2.21. The second-order valence-corrected chi connectivity index (χ2v) is 2.50. The normalized spacial score (nSPS) is 9.00. The molecule has 0 aliphatic heterocycles. The van der Waals surface area contributed by atoms with Crippen LogP contribution in [0.25, 0.3) is 0 Å². The van der Waals surface area contributed by atoms with Gasteiger partial charge in [-0.15, -0.1) is 0 Å². The zero-order valence-electron chi connectivity index (χ0n) is 7.78. The van der Waals surface area contributed by atoms with Crippen LogP contribution in [0.15, 0.2) is 0 Å². The summed E-state index contributed by atoms with van der Waals surface area (Å²) in [6, 6.07) is 0.648. The van der Waals surface area contributed by atoms with Crippen molar-refractivity contribution in [3.05, 3.63) is 0 Å². The lowest BCUT2D eigenvalue weighted by molar-refractivity contribution is 0.613. The van der Waals surface area contributed by atoms with Gasteiger partial charge in [0.05, 0.1) is 0 Å². The number of nitrogens with two attached hydrogens (primary N) is 1. The summed E-state index contributed by atoms with van der Waals surface area (Å²) in [5, 5.41) is 3.21. The van der Waals surface area contributed by atoms with Crippen LogP contribution < -0.4 is 11.1 Å². The minimum Gasteiger partial charge on any atom is -0.330 e. The Hall–Kier alpha value is -0.0800. The minimum atomic E-state index is 0.648. The van der Waals surface area contributed by atoms with Crippen LogP contribution in [0.5, 0.6) is 0 Å². The quantitative estimate of drug-likeness (QED) is 0.631. The number of hydrogen-bond donors (Lipinski definition) is 2. The fraction of sp³-hybridized carbons (Fsp3) is 1.00. The van der Waals surface area contributed by atoms with Crippen LogP contribution in [0.4, 0.5) is 0 Å². The molecule has 3 N–H and O–H groups in total. The Morgan fingerprint density at radius 1 is 1.30 bits per heavy atom. The molecule has 0 saturated carbocycles. The molecule has 0 aliphatic carbocycles. The van der Waals surface area contributed by atoms with Crippen molar-refractivity contribution in [3.63, 3.8) is 0 Å². The van der Waals surface area contributed by atoms with Crippen LogP contribution in [0.2, 0.25) is 0 Å². The van der Waals surface area contributed by atoms with Gasteiger partial charge in [-0.3, -0.25) is 0 Å². The Morgan fingerprint density at radius 2 is 1.70 bits per heavy atom. The van der Waals surface area contributed by atoms with E-state index in [-0.39, 0.29) is 0 Å². The standard InChI is InChI=1S/C5H13N.C3H9N/c1-4-6-5(2)3;1-2-3-4/h5-6H,4H2,1-3H3;2-4H2,1H3. The highest BCUT2D eigenvalue weighted by atomic mass is 14.9. The van der Waals surface area contributed by atoms with Gasteiger partial charge in [0.25, 0.3) is 0 Å². The molecule has 2 nitrogen and oxygen atoms in total. The summed E-state index contributed by atoms with van der Waals surface area (Å²) in [5.41, 5.74) is 5.03. The van der Waals surface area contributed by atoms with E-state index in [2.05, 4.69) is 33.0 Å². The van der Waals surface area contributed by atoms with Gasteiger partial charge in [-0.1, -0.05) is 27.7 Å². The maximum absolute atomic E-state index is 5.03. The third-order valence-electron chi connectivity index (χ3n) is 0.901. The molecule has 0 aromatic carbocycles. The van der Waals surface area contributed by atoms with Crippen LogP contribution in [-0.2, 0) is 0 Å². The van der Waals surface area contributed by atoms with E-state index in [1.165, 1.54) is 0 Å². The zero-order chi connectivity index (χ0) is 8.41. The SMILES string of the molecule is CCCN.CCNC(C)C. The van der Waals surface area contributed by atoms with Crippen LogP contribution in [0, 0.1) is 0 Å². The van der Waals surface area contributed by atoms with Crippen molar-refractivity contribution < 1.29 is 0 Å². The van der Waals surface area contributed by atoms with E-state index in [9.17, 15) is 0 Å². The third-order valence-corrected chi connectivity index (χ3v) is 0.901. The molecule has 0 atom stereocenters. The first-order valence-corrected chi connectivity index (χ1v) is 4.12. The average Bonchev–Trinajstić information content (AvgIpc) is 1.89. The van der Waals surface area contributed by atoms with E-state index in [0.717, 1.165) is 19.5 Å². The fourth-order valence-electron chi connectivity index (χ4n) is 0.408. The fourth-order valence-corrected chi connectivity index (χ4v) is 0.408. The van der Waals surface area contributed by atoms with Gasteiger partial charge >= 0.3 is 0 Å². The summed E-state index contributed by atoms with van der Waals surface area (Å²) in [6.45, 7) is 10.4. The predicted molar refractivity (Wildman–Crippen MR) is 48.2 cm³/mol. The van der Waals surface area contributed by atoms with E-state index in [1.54, 1.807) is 0 Å². The first kappa shape index (κ1) is 12.6. The number of rotatable bonds is 3. The molecule has 0 amide bonds. The first-order valence-electron chi connectivity index (χ1n) is 4.12. The lowest BCUT2D eigenvalue weighted by atomic mass is 10.4. The molecule has 0 saturated heterocycles. The molecule has 0 aromatic heterocycles. The van der Waals surface area contributed by atoms with Crippen LogP contribution >= 0.6 is 0 Å². The molecule has 0 aromatic rings. The molecule has 2 heteroatoms. The molecule has 0 aliphatic rings. The molecule has 0 fully saturated rings. The maximum Gasteiger partial charge on any atom is 0.00102 e. The van der Waals surface area contributed by atoms with Crippen molar-refractivity contribution in [2.75, 3.05) is 13.1 Å². The van der Waals surface area contributed by atoms with Gasteiger partial charge in [0.15, 0.2) is 0 Å². The van der Waals surface area contributed by atoms with Crippen molar-refractivity contribution in [1.29, 1.82) is 0 Å². The molecular weight excluding hydrogens is 124 g/mol. The molecule has 10 heavy (non-hydrogen) atoms. The van der Waals surface area contributed by atoms with E-state index in [4.69, 9.17) is 5.73 Å². The Morgan fingerprint density at radius 3 is 1.70 bits per heavy atom. The molecule has 0 bridgehead atoms. The van der Waals surface area contributed by atoms with E-state index in [1.807, 2.05) is 0 Å². The van der Waals surface area contributed by atoms with Gasteiger partial charge < -0.3 is 11.1 Å². The Bertz CT molecular complexity index is 42.5.